The maximum Gasteiger partial charge on any atom is 0.167 e. The molecule has 0 saturated carbocycles. The Labute approximate surface area is 94.5 Å². The molecule has 0 radical (unpaired) electrons. The Morgan fingerprint density at radius 2 is 2.12 bits per heavy atom. The van der Waals surface area contributed by atoms with Gasteiger partial charge >= 0.3 is 0 Å². The van der Waals surface area contributed by atoms with Crippen LogP contribution >= 0.6 is 0 Å². The number of anilines is 2. The monoisotopic (exact) mass is 228 g/mol. The van der Waals surface area contributed by atoms with Gasteiger partial charge in [0.25, 0.3) is 0 Å². The fraction of sp³-hybridized carbons (Fsp3) is 0.455. The average Bonchev–Trinajstić information content (AvgIpc) is 2.27. The zero-order chi connectivity index (χ0) is 12.1. The van der Waals surface area contributed by atoms with Crippen LogP contribution in [0.5, 0.6) is 5.75 Å². The number of halogens is 1. The minimum absolute atomic E-state index is 0.0513. The molecule has 0 heterocycles. The van der Waals surface area contributed by atoms with Crippen LogP contribution in [0.25, 0.3) is 0 Å². The van der Waals surface area contributed by atoms with E-state index in [9.17, 15) is 4.39 Å². The van der Waals surface area contributed by atoms with E-state index in [1.54, 1.807) is 7.11 Å². The molecule has 1 aromatic carbocycles. The summed E-state index contributed by atoms with van der Waals surface area (Å²) in [6.07, 6.45) is 0.0513. The molecule has 0 saturated heterocycles. The third-order valence-electron chi connectivity index (χ3n) is 2.31. The van der Waals surface area contributed by atoms with Gasteiger partial charge in [0.2, 0.25) is 0 Å². The Balaban J connectivity index is 2.79. The van der Waals surface area contributed by atoms with E-state index < -0.39 is 5.82 Å². The molecule has 0 aromatic heterocycles. The molecule has 0 aliphatic carbocycles. The third-order valence-corrected chi connectivity index (χ3v) is 2.31. The van der Waals surface area contributed by atoms with Crippen LogP contribution < -0.4 is 15.8 Å². The van der Waals surface area contributed by atoms with Crippen LogP contribution in [0.3, 0.4) is 0 Å². The quantitative estimate of drug-likeness (QED) is 0.755. The first-order valence-electron chi connectivity index (χ1n) is 4.98. The highest BCUT2D eigenvalue weighted by Crippen LogP contribution is 2.27. The van der Waals surface area contributed by atoms with Crippen molar-refractivity contribution in [2.75, 3.05) is 31.8 Å². The van der Waals surface area contributed by atoms with E-state index >= 15 is 0 Å². The highest BCUT2D eigenvalue weighted by atomic mass is 19.1. The number of ether oxygens (including phenoxy) is 2. The summed E-state index contributed by atoms with van der Waals surface area (Å²) in [5, 5.41) is 3.07. The first-order valence-corrected chi connectivity index (χ1v) is 4.98. The van der Waals surface area contributed by atoms with Crippen molar-refractivity contribution < 1.29 is 13.9 Å². The van der Waals surface area contributed by atoms with Crippen molar-refractivity contribution in [3.8, 4) is 5.75 Å². The predicted octanol–water partition coefficient (Wildman–Crippen LogP) is 1.86. The van der Waals surface area contributed by atoms with Crippen molar-refractivity contribution in [1.29, 1.82) is 0 Å². The summed E-state index contributed by atoms with van der Waals surface area (Å²) >= 11 is 0. The highest BCUT2D eigenvalue weighted by Gasteiger charge is 2.08. The van der Waals surface area contributed by atoms with E-state index in [4.69, 9.17) is 15.2 Å². The summed E-state index contributed by atoms with van der Waals surface area (Å²) in [5.74, 6) is -0.299. The molecule has 0 aliphatic rings. The SMILES string of the molecule is COc1cc(NCC(C)OC)c(N)cc1F. The van der Waals surface area contributed by atoms with Gasteiger partial charge < -0.3 is 20.5 Å². The fourth-order valence-electron chi connectivity index (χ4n) is 1.22. The first-order chi connectivity index (χ1) is 7.58. The molecular weight excluding hydrogens is 211 g/mol. The van der Waals surface area contributed by atoms with Gasteiger partial charge in [0.15, 0.2) is 11.6 Å². The molecule has 1 atom stereocenters. The van der Waals surface area contributed by atoms with Crippen LogP contribution in [-0.2, 0) is 4.74 Å². The minimum atomic E-state index is -0.467. The molecule has 16 heavy (non-hydrogen) atoms. The number of nitrogens with one attached hydrogen (secondary N) is 1. The zero-order valence-corrected chi connectivity index (χ0v) is 9.71. The largest absolute Gasteiger partial charge is 0.494 e. The fourth-order valence-corrected chi connectivity index (χ4v) is 1.22. The molecular formula is C11H17FN2O2. The maximum atomic E-state index is 13.2. The second-order valence-corrected chi connectivity index (χ2v) is 3.50. The van der Waals surface area contributed by atoms with Crippen LogP contribution in [0, 0.1) is 5.82 Å². The summed E-state index contributed by atoms with van der Waals surface area (Å²) in [6.45, 7) is 2.51. The number of hydrogen-bond donors (Lipinski definition) is 2. The summed E-state index contributed by atoms with van der Waals surface area (Å²) in [6, 6.07) is 2.77. The van der Waals surface area contributed by atoms with Crippen molar-refractivity contribution in [3.05, 3.63) is 17.9 Å². The summed E-state index contributed by atoms with van der Waals surface area (Å²) in [5.41, 5.74) is 6.66. The molecule has 1 aromatic rings. The molecule has 90 valence electrons. The molecule has 1 rings (SSSR count). The Morgan fingerprint density at radius 3 is 2.69 bits per heavy atom. The number of benzene rings is 1. The smallest absolute Gasteiger partial charge is 0.167 e. The second-order valence-electron chi connectivity index (χ2n) is 3.50. The van der Waals surface area contributed by atoms with Gasteiger partial charge in [-0.3, -0.25) is 0 Å². The first kappa shape index (κ1) is 12.6. The number of methoxy groups -OCH3 is 2. The van der Waals surface area contributed by atoms with Gasteiger partial charge in [-0.2, -0.15) is 0 Å². The van der Waals surface area contributed by atoms with Crippen LogP contribution in [0.4, 0.5) is 15.8 Å². The van der Waals surface area contributed by atoms with Crippen LogP contribution in [-0.4, -0.2) is 26.9 Å². The molecule has 5 heteroatoms. The van der Waals surface area contributed by atoms with Gasteiger partial charge in [-0.25, -0.2) is 4.39 Å². The van der Waals surface area contributed by atoms with Crippen LogP contribution in [0.2, 0.25) is 0 Å². The van der Waals surface area contributed by atoms with Crippen molar-refractivity contribution in [2.24, 2.45) is 0 Å². The predicted molar refractivity (Wildman–Crippen MR) is 62.3 cm³/mol. The number of nitrogen functional groups attached to an aromatic ring is 1. The summed E-state index contributed by atoms with van der Waals surface area (Å²) < 4.78 is 23.2. The minimum Gasteiger partial charge on any atom is -0.494 e. The van der Waals surface area contributed by atoms with Gasteiger partial charge in [-0.05, 0) is 6.92 Å². The van der Waals surface area contributed by atoms with E-state index in [1.165, 1.54) is 19.2 Å². The topological polar surface area (TPSA) is 56.5 Å². The average molecular weight is 228 g/mol. The van der Waals surface area contributed by atoms with E-state index in [1.807, 2.05) is 6.92 Å². The second kappa shape index (κ2) is 5.55. The van der Waals surface area contributed by atoms with Crippen molar-refractivity contribution in [2.45, 2.75) is 13.0 Å². The van der Waals surface area contributed by atoms with Crippen LogP contribution in [0.1, 0.15) is 6.92 Å². The summed E-state index contributed by atoms with van der Waals surface area (Å²) in [4.78, 5) is 0. The standard InChI is InChI=1S/C11H17FN2O2/c1-7(15-2)6-14-10-5-11(16-3)8(12)4-9(10)13/h4-5,7,14H,6,13H2,1-3H3. The highest BCUT2D eigenvalue weighted by molar-refractivity contribution is 5.68. The molecule has 0 fully saturated rings. The lowest BCUT2D eigenvalue weighted by Gasteiger charge is -2.14. The zero-order valence-electron chi connectivity index (χ0n) is 9.71. The third kappa shape index (κ3) is 3.00. The van der Waals surface area contributed by atoms with Gasteiger partial charge in [0, 0.05) is 25.8 Å². The van der Waals surface area contributed by atoms with Crippen LogP contribution in [0.15, 0.2) is 12.1 Å². The number of hydrogen-bond acceptors (Lipinski definition) is 4. The lowest BCUT2D eigenvalue weighted by molar-refractivity contribution is 0.129. The Kier molecular flexibility index (Phi) is 4.37. The van der Waals surface area contributed by atoms with E-state index in [-0.39, 0.29) is 11.9 Å². The molecule has 3 N–H and O–H groups in total. The molecule has 4 nitrogen and oxygen atoms in total. The van der Waals surface area contributed by atoms with Crippen molar-refractivity contribution >= 4 is 11.4 Å². The van der Waals surface area contributed by atoms with Gasteiger partial charge in [-0.15, -0.1) is 0 Å². The number of rotatable bonds is 5. The van der Waals surface area contributed by atoms with E-state index in [2.05, 4.69) is 5.32 Å². The van der Waals surface area contributed by atoms with Gasteiger partial charge in [0.05, 0.1) is 24.6 Å². The Hall–Kier alpha value is -1.49. The maximum absolute atomic E-state index is 13.2. The van der Waals surface area contributed by atoms with Crippen molar-refractivity contribution in [3.63, 3.8) is 0 Å². The summed E-state index contributed by atoms with van der Waals surface area (Å²) in [7, 11) is 3.04. The Morgan fingerprint density at radius 1 is 1.44 bits per heavy atom. The molecule has 0 bridgehead atoms. The lowest BCUT2D eigenvalue weighted by Crippen LogP contribution is -2.18. The van der Waals surface area contributed by atoms with Gasteiger partial charge in [-0.1, -0.05) is 0 Å². The lowest BCUT2D eigenvalue weighted by atomic mass is 10.2. The van der Waals surface area contributed by atoms with E-state index in [0.717, 1.165) is 0 Å². The van der Waals surface area contributed by atoms with Gasteiger partial charge in [0.1, 0.15) is 0 Å². The molecule has 0 amide bonds. The number of nitrogens with two attached hydrogens (primary N) is 1. The normalized spacial score (nSPS) is 12.2. The van der Waals surface area contributed by atoms with Crippen molar-refractivity contribution in [1.82, 2.24) is 0 Å². The Bertz CT molecular complexity index is 358. The molecule has 0 aliphatic heterocycles. The molecule has 0 spiro atoms. The molecule has 1 unspecified atom stereocenters. The van der Waals surface area contributed by atoms with E-state index in [0.29, 0.717) is 17.9 Å².